The summed E-state index contributed by atoms with van der Waals surface area (Å²) in [5, 5.41) is 4.07. The second-order valence-electron chi connectivity index (χ2n) is 6.36. The Morgan fingerprint density at radius 3 is 2.45 bits per heavy atom. The van der Waals surface area contributed by atoms with Gasteiger partial charge in [-0.2, -0.15) is 4.98 Å². The molecular weight excluding hydrogens is 276 g/mol. The number of benzene rings is 1. The Morgan fingerprint density at radius 1 is 1.27 bits per heavy atom. The number of rotatable bonds is 5. The summed E-state index contributed by atoms with van der Waals surface area (Å²) in [4.78, 5) is 6.83. The molecule has 1 aromatic carbocycles. The van der Waals surface area contributed by atoms with Gasteiger partial charge < -0.3 is 15.2 Å². The van der Waals surface area contributed by atoms with E-state index in [0.717, 1.165) is 31.4 Å². The Labute approximate surface area is 131 Å². The van der Waals surface area contributed by atoms with Crippen LogP contribution in [0.25, 0.3) is 11.5 Å². The molecular formula is C17H24N4O. The molecule has 1 saturated carbocycles. The van der Waals surface area contributed by atoms with Crippen LogP contribution in [0.1, 0.15) is 45.9 Å². The van der Waals surface area contributed by atoms with E-state index in [1.165, 1.54) is 5.69 Å². The van der Waals surface area contributed by atoms with Gasteiger partial charge in [0, 0.05) is 23.8 Å². The largest absolute Gasteiger partial charge is 0.369 e. The first-order valence-electron chi connectivity index (χ1n) is 8.03. The van der Waals surface area contributed by atoms with Crippen LogP contribution in [0.3, 0.4) is 0 Å². The Bertz CT molecular complexity index is 628. The Kier molecular flexibility index (Phi) is 3.91. The minimum Gasteiger partial charge on any atom is -0.369 e. The van der Waals surface area contributed by atoms with Gasteiger partial charge in [-0.25, -0.2) is 0 Å². The van der Waals surface area contributed by atoms with Crippen molar-refractivity contribution in [1.82, 2.24) is 10.1 Å². The maximum Gasteiger partial charge on any atom is 0.257 e. The molecule has 1 aromatic heterocycles. The summed E-state index contributed by atoms with van der Waals surface area (Å²) >= 11 is 0. The molecule has 0 unspecified atom stereocenters. The maximum atomic E-state index is 6.24. The van der Waals surface area contributed by atoms with Gasteiger partial charge in [0.1, 0.15) is 0 Å². The van der Waals surface area contributed by atoms with Crippen LogP contribution in [0, 0.1) is 0 Å². The van der Waals surface area contributed by atoms with Gasteiger partial charge in [-0.05, 0) is 64.3 Å². The quantitative estimate of drug-likeness (QED) is 0.917. The molecule has 0 saturated heterocycles. The Hall–Kier alpha value is -1.88. The fraction of sp³-hybridized carbons (Fsp3) is 0.529. The van der Waals surface area contributed by atoms with E-state index in [1.807, 2.05) is 12.1 Å². The van der Waals surface area contributed by atoms with Crippen molar-refractivity contribution in [2.45, 2.75) is 51.6 Å². The van der Waals surface area contributed by atoms with Gasteiger partial charge in [0.2, 0.25) is 0 Å². The average molecular weight is 300 g/mol. The molecule has 1 heterocycles. The minimum absolute atomic E-state index is 0.377. The third-order valence-corrected chi connectivity index (χ3v) is 4.53. The van der Waals surface area contributed by atoms with E-state index < -0.39 is 0 Å². The van der Waals surface area contributed by atoms with Gasteiger partial charge in [0.25, 0.3) is 5.89 Å². The molecule has 0 bridgehead atoms. The summed E-state index contributed by atoms with van der Waals surface area (Å²) in [6.07, 6.45) is 3.01. The number of aromatic nitrogens is 2. The lowest BCUT2D eigenvalue weighted by molar-refractivity contribution is 0.229. The minimum atomic E-state index is -0.377. The standard InChI is InChI=1S/C17H24N4O/c1-4-21(12(2)3)14-8-6-13(7-9-14)15-19-16(20-22-15)17(18)10-5-11-17/h6-9,12H,4-5,10-11,18H2,1-3H3. The number of nitrogens with zero attached hydrogens (tertiary/aromatic N) is 3. The van der Waals surface area contributed by atoms with Crippen LogP contribution in [-0.4, -0.2) is 22.7 Å². The number of anilines is 1. The lowest BCUT2D eigenvalue weighted by Crippen LogP contribution is -2.44. The Balaban J connectivity index is 1.81. The summed E-state index contributed by atoms with van der Waals surface area (Å²) in [5.41, 5.74) is 8.00. The predicted molar refractivity (Wildman–Crippen MR) is 87.6 cm³/mol. The van der Waals surface area contributed by atoms with Gasteiger partial charge >= 0.3 is 0 Å². The molecule has 1 aliphatic carbocycles. The highest BCUT2D eigenvalue weighted by Gasteiger charge is 2.39. The topological polar surface area (TPSA) is 68.2 Å². The van der Waals surface area contributed by atoms with Crippen LogP contribution in [0.5, 0.6) is 0 Å². The number of hydrogen-bond donors (Lipinski definition) is 1. The highest BCUT2D eigenvalue weighted by molar-refractivity contribution is 5.59. The van der Waals surface area contributed by atoms with Crippen LogP contribution in [-0.2, 0) is 5.54 Å². The van der Waals surface area contributed by atoms with Crippen molar-refractivity contribution in [3.8, 4) is 11.5 Å². The molecule has 2 aromatic rings. The van der Waals surface area contributed by atoms with Crippen LogP contribution in [0.15, 0.2) is 28.8 Å². The molecule has 3 rings (SSSR count). The van der Waals surface area contributed by atoms with Crippen molar-refractivity contribution < 1.29 is 4.52 Å². The lowest BCUT2D eigenvalue weighted by atomic mass is 9.77. The van der Waals surface area contributed by atoms with Crippen molar-refractivity contribution in [2.75, 3.05) is 11.4 Å². The van der Waals surface area contributed by atoms with Crippen molar-refractivity contribution in [2.24, 2.45) is 5.73 Å². The van der Waals surface area contributed by atoms with Crippen molar-refractivity contribution in [3.05, 3.63) is 30.1 Å². The summed E-state index contributed by atoms with van der Waals surface area (Å²) in [5.74, 6) is 1.18. The summed E-state index contributed by atoms with van der Waals surface area (Å²) in [7, 11) is 0. The molecule has 0 aliphatic heterocycles. The van der Waals surface area contributed by atoms with Gasteiger partial charge in [-0.1, -0.05) is 5.16 Å². The first-order valence-corrected chi connectivity index (χ1v) is 8.03. The molecule has 0 atom stereocenters. The smallest absolute Gasteiger partial charge is 0.257 e. The zero-order chi connectivity index (χ0) is 15.7. The average Bonchev–Trinajstić information content (AvgIpc) is 2.96. The van der Waals surface area contributed by atoms with Crippen LogP contribution in [0.4, 0.5) is 5.69 Å². The van der Waals surface area contributed by atoms with E-state index >= 15 is 0 Å². The molecule has 1 aliphatic rings. The normalized spacial score (nSPS) is 16.6. The van der Waals surface area contributed by atoms with E-state index in [-0.39, 0.29) is 5.54 Å². The highest BCUT2D eigenvalue weighted by Crippen LogP contribution is 2.37. The van der Waals surface area contributed by atoms with E-state index in [2.05, 4.69) is 47.9 Å². The molecule has 0 radical (unpaired) electrons. The van der Waals surface area contributed by atoms with Crippen LogP contribution in [0.2, 0.25) is 0 Å². The molecule has 0 spiro atoms. The second-order valence-corrected chi connectivity index (χ2v) is 6.36. The molecule has 22 heavy (non-hydrogen) atoms. The zero-order valence-corrected chi connectivity index (χ0v) is 13.5. The van der Waals surface area contributed by atoms with Crippen molar-refractivity contribution in [1.29, 1.82) is 0 Å². The Morgan fingerprint density at radius 2 is 1.95 bits per heavy atom. The van der Waals surface area contributed by atoms with Gasteiger partial charge in [0.15, 0.2) is 5.82 Å². The molecule has 1 fully saturated rings. The van der Waals surface area contributed by atoms with Gasteiger partial charge in [-0.3, -0.25) is 0 Å². The van der Waals surface area contributed by atoms with E-state index in [4.69, 9.17) is 10.3 Å². The van der Waals surface area contributed by atoms with E-state index in [1.54, 1.807) is 0 Å². The molecule has 5 nitrogen and oxygen atoms in total. The summed E-state index contributed by atoms with van der Waals surface area (Å²) in [6, 6.07) is 8.74. The third kappa shape index (κ3) is 2.61. The molecule has 2 N–H and O–H groups in total. The first kappa shape index (κ1) is 15.0. The summed E-state index contributed by atoms with van der Waals surface area (Å²) < 4.78 is 5.39. The maximum absolute atomic E-state index is 6.24. The van der Waals surface area contributed by atoms with E-state index in [0.29, 0.717) is 17.8 Å². The van der Waals surface area contributed by atoms with Gasteiger partial charge in [-0.15, -0.1) is 0 Å². The number of hydrogen-bond acceptors (Lipinski definition) is 5. The second kappa shape index (κ2) is 5.72. The molecule has 118 valence electrons. The monoisotopic (exact) mass is 300 g/mol. The zero-order valence-electron chi connectivity index (χ0n) is 13.5. The van der Waals surface area contributed by atoms with Crippen LogP contribution >= 0.6 is 0 Å². The van der Waals surface area contributed by atoms with Crippen LogP contribution < -0.4 is 10.6 Å². The fourth-order valence-electron chi connectivity index (χ4n) is 2.97. The van der Waals surface area contributed by atoms with Gasteiger partial charge in [0.05, 0.1) is 5.54 Å². The van der Waals surface area contributed by atoms with Crippen molar-refractivity contribution >= 4 is 5.69 Å². The predicted octanol–water partition coefficient (Wildman–Crippen LogP) is 3.31. The van der Waals surface area contributed by atoms with Crippen molar-refractivity contribution in [3.63, 3.8) is 0 Å². The first-order chi connectivity index (χ1) is 10.5. The summed E-state index contributed by atoms with van der Waals surface area (Å²) in [6.45, 7) is 7.54. The molecule has 0 amide bonds. The highest BCUT2D eigenvalue weighted by atomic mass is 16.5. The lowest BCUT2D eigenvalue weighted by Gasteiger charge is -2.34. The molecule has 5 heteroatoms. The third-order valence-electron chi connectivity index (χ3n) is 4.53. The van der Waals surface area contributed by atoms with E-state index in [9.17, 15) is 0 Å². The fourth-order valence-corrected chi connectivity index (χ4v) is 2.97. The SMILES string of the molecule is CCN(c1ccc(-c2nc(C3(N)CCC3)no2)cc1)C(C)C. The number of nitrogens with two attached hydrogens (primary N) is 1.